The maximum Gasteiger partial charge on any atom is 0.115 e. The van der Waals surface area contributed by atoms with Crippen LogP contribution in [0.3, 0.4) is 0 Å². The zero-order valence-electron chi connectivity index (χ0n) is 34.2. The smallest absolute Gasteiger partial charge is 0.115 e. The quantitative estimate of drug-likeness (QED) is 0.181. The van der Waals surface area contributed by atoms with Gasteiger partial charge < -0.3 is 9.13 Å². The highest BCUT2D eigenvalue weighted by Gasteiger charge is 2.25. The minimum Gasteiger partial charge on any atom is -0.311 e. The van der Waals surface area contributed by atoms with Crippen molar-refractivity contribution in [2.45, 2.75) is 0 Å². The molecule has 276 valence electrons. The Hall–Kier alpha value is -6.97. The molecule has 0 unspecified atom stereocenters. The number of hydrogen-bond donors (Lipinski definition) is 0. The number of nitrogens with zero attached hydrogens (tertiary/aromatic N) is 2. The highest BCUT2D eigenvalue weighted by Crippen LogP contribution is 2.38. The van der Waals surface area contributed by atoms with Crippen LogP contribution in [0.2, 0.25) is 0 Å². The first kappa shape index (κ1) is 38.9. The number of fused-ring (bicyclic) bond motifs is 6. The van der Waals surface area contributed by atoms with E-state index in [0.29, 0.717) is 43.8 Å². The third kappa shape index (κ3) is 6.12. The van der Waals surface area contributed by atoms with E-state index in [1.807, 2.05) is 59.2 Å². The lowest BCUT2D eigenvalue weighted by molar-refractivity contribution is 1.18. The van der Waals surface area contributed by atoms with Crippen LogP contribution in [0, 0.1) is 0 Å². The summed E-state index contributed by atoms with van der Waals surface area (Å²) in [4.78, 5) is 0. The predicted molar refractivity (Wildman–Crippen MR) is 275 cm³/mol. The molecule has 11 aromatic rings. The number of rotatable bonds is 6. The van der Waals surface area contributed by atoms with Crippen molar-refractivity contribution in [2.75, 3.05) is 0 Å². The molecule has 0 atom stereocenters. The van der Waals surface area contributed by atoms with Gasteiger partial charge in [-0.15, -0.1) is 10.9 Å². The number of hydrogen-bond acceptors (Lipinski definition) is 0. The van der Waals surface area contributed by atoms with E-state index in [2.05, 4.69) is 126 Å². The molecule has 9 aromatic carbocycles. The van der Waals surface area contributed by atoms with Gasteiger partial charge in [-0.2, -0.15) is 0 Å². The second-order valence-electron chi connectivity index (χ2n) is 16.0. The molecule has 2 aromatic heterocycles. The zero-order valence-corrected chi connectivity index (χ0v) is 34.2. The van der Waals surface area contributed by atoms with Crippen LogP contribution in [-0.2, 0) is 0 Å². The van der Waals surface area contributed by atoms with Gasteiger partial charge in [0, 0.05) is 38.6 Å². The maximum absolute atomic E-state index is 7.37. The molecular formula is C54H29B7N2. The molecule has 9 heteroatoms. The van der Waals surface area contributed by atoms with Crippen molar-refractivity contribution in [3.05, 3.63) is 176 Å². The summed E-state index contributed by atoms with van der Waals surface area (Å²) in [5, 5.41) is 3.23. The van der Waals surface area contributed by atoms with Gasteiger partial charge >= 0.3 is 0 Å². The third-order valence-corrected chi connectivity index (χ3v) is 12.5. The molecule has 0 aliphatic rings. The van der Waals surface area contributed by atoms with Gasteiger partial charge in [0.25, 0.3) is 0 Å². The average molecular weight is 782 g/mol. The normalized spacial score (nSPS) is 11.6. The van der Waals surface area contributed by atoms with Crippen molar-refractivity contribution < 1.29 is 0 Å². The molecule has 2 nitrogen and oxygen atoms in total. The van der Waals surface area contributed by atoms with Gasteiger partial charge in [-0.25, -0.2) is 0 Å². The Kier molecular flexibility index (Phi) is 9.35. The highest BCUT2D eigenvalue weighted by molar-refractivity contribution is 6.69. The lowest BCUT2D eigenvalue weighted by atomic mass is 9.64. The zero-order chi connectivity index (χ0) is 43.1. The molecule has 0 amide bonds. The Morgan fingerprint density at radius 1 is 0.270 bits per heavy atom. The summed E-state index contributed by atoms with van der Waals surface area (Å²) in [6, 6.07) is 60.7. The van der Waals surface area contributed by atoms with E-state index in [1.165, 1.54) is 0 Å². The lowest BCUT2D eigenvalue weighted by Gasteiger charge is -2.19. The largest absolute Gasteiger partial charge is 0.311 e. The fourth-order valence-electron chi connectivity index (χ4n) is 9.41. The first-order chi connectivity index (χ1) is 30.7. The van der Waals surface area contributed by atoms with Crippen molar-refractivity contribution in [3.63, 3.8) is 0 Å². The second kappa shape index (κ2) is 15.1. The first-order valence-corrected chi connectivity index (χ1v) is 20.7. The van der Waals surface area contributed by atoms with E-state index in [9.17, 15) is 0 Å². The Bertz CT molecular complexity index is 3620. The fourth-order valence-corrected chi connectivity index (χ4v) is 9.41. The Labute approximate surface area is 375 Å². The third-order valence-electron chi connectivity index (χ3n) is 12.5. The molecule has 0 N–H and O–H groups in total. The minimum absolute atomic E-state index is 0.176. The maximum atomic E-state index is 7.37. The Balaban J connectivity index is 1.16. The van der Waals surface area contributed by atoms with Crippen LogP contribution >= 0.6 is 0 Å². The fraction of sp³-hybridized carbons (Fsp3) is 0. The summed E-state index contributed by atoms with van der Waals surface area (Å²) in [5.74, 6) is 0. The van der Waals surface area contributed by atoms with Crippen molar-refractivity contribution in [2.24, 2.45) is 0 Å². The lowest BCUT2D eigenvalue weighted by Crippen LogP contribution is -2.48. The first-order valence-electron chi connectivity index (χ1n) is 20.7. The van der Waals surface area contributed by atoms with Gasteiger partial charge in [-0.1, -0.05) is 161 Å². The summed E-state index contributed by atoms with van der Waals surface area (Å²) in [6.45, 7) is 0. The summed E-state index contributed by atoms with van der Waals surface area (Å²) in [7, 11) is 48.6. The van der Waals surface area contributed by atoms with E-state index >= 15 is 0 Å². The van der Waals surface area contributed by atoms with E-state index < -0.39 is 0 Å². The van der Waals surface area contributed by atoms with Crippen LogP contribution in [0.1, 0.15) is 0 Å². The Morgan fingerprint density at radius 2 is 0.762 bits per heavy atom. The van der Waals surface area contributed by atoms with Gasteiger partial charge in [-0.3, -0.25) is 0 Å². The molecule has 0 spiro atoms. The molecule has 2 heterocycles. The van der Waals surface area contributed by atoms with Crippen LogP contribution in [0.25, 0.3) is 99.5 Å². The van der Waals surface area contributed by atoms with Crippen LogP contribution in [0.5, 0.6) is 0 Å². The van der Waals surface area contributed by atoms with Crippen molar-refractivity contribution in [1.82, 2.24) is 9.13 Å². The molecule has 63 heavy (non-hydrogen) atoms. The molecule has 0 saturated heterocycles. The molecule has 0 saturated carbocycles. The topological polar surface area (TPSA) is 9.86 Å². The van der Waals surface area contributed by atoms with Gasteiger partial charge in [0.1, 0.15) is 54.9 Å². The van der Waals surface area contributed by atoms with Crippen LogP contribution in [0.4, 0.5) is 0 Å². The number of benzene rings is 9. The SMILES string of the molecule is [B]c1c([B])c([B])c2c(c1[B])c1c([B])c(-c3ccc4c(c3)c3ccc(-c5ccccc5)cc3n4-c3cccc(-c4ccccc4)c3)c([B])c([B])c1n2-c1ccc(-c2ccccc2)cc1. The summed E-state index contributed by atoms with van der Waals surface area (Å²) in [5.41, 5.74) is 14.9. The molecule has 14 radical (unpaired) electrons. The Morgan fingerprint density at radius 3 is 1.40 bits per heavy atom. The standard InChI is InChI=1S/C54H29B7N2/c55-46-43(47(56)51(60)53-44(46)45-48(57)49(58)50(59)52(61)54(45)63(53)37-23-19-33(20-24-37)30-11-4-1-5-12-30)36-22-26-41-40(28-36)39-25-21-35(32-15-8-3-9-16-32)29-42(39)62(41)38-18-10-17-34(27-38)31-13-6-2-7-14-31/h1-29H. The van der Waals surface area contributed by atoms with Crippen LogP contribution < -0.4 is 38.2 Å². The minimum atomic E-state index is 0.176. The number of aromatic nitrogens is 2. The predicted octanol–water partition coefficient (Wildman–Crippen LogP) is 6.11. The molecular weight excluding hydrogens is 752 g/mol. The molecule has 0 aliphatic carbocycles. The molecule has 0 aliphatic heterocycles. The van der Waals surface area contributed by atoms with Crippen molar-refractivity contribution in [1.29, 1.82) is 0 Å². The summed E-state index contributed by atoms with van der Waals surface area (Å²) >= 11 is 0. The van der Waals surface area contributed by atoms with Gasteiger partial charge in [-0.05, 0) is 92.4 Å². The van der Waals surface area contributed by atoms with E-state index in [-0.39, 0.29) is 21.9 Å². The van der Waals surface area contributed by atoms with E-state index in [0.717, 1.165) is 72.1 Å². The highest BCUT2D eigenvalue weighted by atomic mass is 15.0. The monoisotopic (exact) mass is 782 g/mol. The summed E-state index contributed by atoms with van der Waals surface area (Å²) in [6.07, 6.45) is 0. The van der Waals surface area contributed by atoms with Gasteiger partial charge in [0.2, 0.25) is 0 Å². The van der Waals surface area contributed by atoms with E-state index in [1.54, 1.807) is 0 Å². The van der Waals surface area contributed by atoms with Crippen molar-refractivity contribution in [3.8, 4) is 55.9 Å². The van der Waals surface area contributed by atoms with Gasteiger partial charge in [0.15, 0.2) is 0 Å². The second-order valence-corrected chi connectivity index (χ2v) is 16.0. The van der Waals surface area contributed by atoms with Crippen LogP contribution in [0.15, 0.2) is 176 Å². The molecule has 0 bridgehead atoms. The van der Waals surface area contributed by atoms with E-state index in [4.69, 9.17) is 54.9 Å². The van der Waals surface area contributed by atoms with Crippen LogP contribution in [-0.4, -0.2) is 64.1 Å². The molecule has 0 fully saturated rings. The summed E-state index contributed by atoms with van der Waals surface area (Å²) < 4.78 is 4.27. The molecule has 11 rings (SSSR count). The average Bonchev–Trinajstić information content (AvgIpc) is 3.87. The van der Waals surface area contributed by atoms with Gasteiger partial charge in [0.05, 0.1) is 11.0 Å². The van der Waals surface area contributed by atoms with Crippen molar-refractivity contribution >= 4 is 137 Å².